The summed E-state index contributed by atoms with van der Waals surface area (Å²) in [4.78, 5) is 0. The minimum absolute atomic E-state index is 0.0287. The van der Waals surface area contributed by atoms with Gasteiger partial charge in [0, 0.05) is 27.1 Å². The monoisotopic (exact) mass is 658 g/mol. The first-order valence-corrected chi connectivity index (χ1v) is 15.4. The third kappa shape index (κ3) is 8.87. The van der Waals surface area contributed by atoms with E-state index >= 15 is 0 Å². The zero-order valence-corrected chi connectivity index (χ0v) is 26.3. The number of hydrogen-bond donors (Lipinski definition) is 7. The molecule has 15 atom stereocenters. The van der Waals surface area contributed by atoms with E-state index < -0.39 is 98.7 Å². The van der Waals surface area contributed by atoms with Crippen molar-refractivity contribution in [3.8, 4) is 0 Å². The number of hydrogen-bond acceptors (Lipinski definition) is 16. The number of fused-ring (bicyclic) bond motifs is 3. The minimum atomic E-state index is -1.76. The third-order valence-corrected chi connectivity index (χ3v) is 8.86. The van der Waals surface area contributed by atoms with E-state index in [-0.39, 0.29) is 13.2 Å². The zero-order chi connectivity index (χ0) is 32.9. The van der Waals surface area contributed by atoms with Gasteiger partial charge in [-0.2, -0.15) is 0 Å². The van der Waals surface area contributed by atoms with Crippen LogP contribution in [-0.2, 0) is 42.6 Å². The second kappa shape index (κ2) is 16.6. The summed E-state index contributed by atoms with van der Waals surface area (Å²) in [7, 11) is 6.80. The summed E-state index contributed by atoms with van der Waals surface area (Å²) in [6, 6.07) is 0. The molecule has 4 fully saturated rings. The maximum atomic E-state index is 11.3. The maximum absolute atomic E-state index is 11.3. The second-order valence-electron chi connectivity index (χ2n) is 12.6. The van der Waals surface area contributed by atoms with E-state index in [0.717, 1.165) is 19.5 Å². The number of nitrogens with zero attached hydrogens (tertiary/aromatic N) is 1. The Hall–Kier alpha value is -0.680. The number of rotatable bonds is 5. The largest absolute Gasteiger partial charge is 0.394 e. The van der Waals surface area contributed by atoms with Gasteiger partial charge < -0.3 is 82.9 Å². The molecule has 0 aromatic heterocycles. The summed E-state index contributed by atoms with van der Waals surface area (Å²) in [6.45, 7) is 1.63. The van der Waals surface area contributed by atoms with Gasteiger partial charge in [0.05, 0.1) is 60.2 Å². The molecule has 17 nitrogen and oxygen atoms in total. The van der Waals surface area contributed by atoms with Gasteiger partial charge >= 0.3 is 0 Å². The Kier molecular flexibility index (Phi) is 13.7. The molecule has 15 unspecified atom stereocenters. The lowest BCUT2D eigenvalue weighted by Gasteiger charge is -2.48. The van der Waals surface area contributed by atoms with Crippen molar-refractivity contribution < 1.29 is 82.9 Å². The lowest BCUT2D eigenvalue weighted by molar-refractivity contribution is -0.890. The van der Waals surface area contributed by atoms with Crippen molar-refractivity contribution in [3.05, 3.63) is 0 Å². The molecule has 7 N–H and O–H groups in total. The van der Waals surface area contributed by atoms with Crippen molar-refractivity contribution in [3.63, 3.8) is 0 Å². The van der Waals surface area contributed by atoms with E-state index in [2.05, 4.69) is 14.1 Å². The predicted octanol–water partition coefficient (Wildman–Crippen LogP) is -4.35. The lowest BCUT2D eigenvalue weighted by atomic mass is 9.96. The van der Waals surface area contributed by atoms with Crippen LogP contribution in [0.4, 0.5) is 0 Å². The molecule has 0 aromatic carbocycles. The summed E-state index contributed by atoms with van der Waals surface area (Å²) in [5, 5.41) is 75.1. The highest BCUT2D eigenvalue weighted by atomic mass is 16.8. The highest BCUT2D eigenvalue weighted by Crippen LogP contribution is 2.33. The van der Waals surface area contributed by atoms with E-state index in [1.165, 1.54) is 14.2 Å². The molecule has 4 rings (SSSR count). The SMILES string of the molecule is COC1OC2COCCC[N+](C)(C)CCCOCC3OC(OC2C(O)C1O)C(O)C(O)C3OC1OC(CO)C(OC)C(O)C1O. The molecular weight excluding hydrogens is 606 g/mol. The fourth-order valence-corrected chi connectivity index (χ4v) is 6.19. The van der Waals surface area contributed by atoms with Crippen LogP contribution in [0.25, 0.3) is 0 Å². The van der Waals surface area contributed by atoms with Crippen molar-refractivity contribution in [1.29, 1.82) is 0 Å². The molecule has 4 aliphatic heterocycles. The molecule has 45 heavy (non-hydrogen) atoms. The average molecular weight is 659 g/mol. The molecule has 4 aliphatic rings. The van der Waals surface area contributed by atoms with E-state index in [0.29, 0.717) is 24.1 Å². The molecular formula is C28H52NO16+. The summed E-state index contributed by atoms with van der Waals surface area (Å²) < 4.78 is 52.3. The Balaban J connectivity index is 1.57. The summed E-state index contributed by atoms with van der Waals surface area (Å²) >= 11 is 0. The van der Waals surface area contributed by atoms with Gasteiger partial charge in [-0.05, 0) is 0 Å². The van der Waals surface area contributed by atoms with Crippen molar-refractivity contribution in [1.82, 2.24) is 0 Å². The molecule has 0 spiro atoms. The van der Waals surface area contributed by atoms with E-state index in [1.54, 1.807) is 0 Å². The standard InChI is InChI=1S/C28H52NO16/c1-29(2)7-5-9-39-12-15-24(18(32)20(34)26(38-4)42-15)45-28-22(36)19(33)25(16(43-28)13-40-10-6-8-29)44-27-21(35)17(31)23(37-3)14(11-30)41-27/h14-28,30-36H,5-13H2,1-4H3/q+1. The van der Waals surface area contributed by atoms with Crippen molar-refractivity contribution >= 4 is 0 Å². The molecule has 0 aromatic rings. The smallest absolute Gasteiger partial charge is 0.187 e. The number of quaternary nitrogens is 1. The van der Waals surface area contributed by atoms with Gasteiger partial charge in [0.25, 0.3) is 0 Å². The molecule has 0 aliphatic carbocycles. The Morgan fingerprint density at radius 3 is 1.84 bits per heavy atom. The van der Waals surface area contributed by atoms with Gasteiger partial charge in [0.1, 0.15) is 73.2 Å². The number of aliphatic hydroxyl groups excluding tert-OH is 7. The highest BCUT2D eigenvalue weighted by Gasteiger charge is 2.54. The van der Waals surface area contributed by atoms with Crippen molar-refractivity contribution in [2.75, 3.05) is 74.4 Å². The third-order valence-electron chi connectivity index (χ3n) is 8.86. The average Bonchev–Trinajstić information content (AvgIpc) is 3.01. The Morgan fingerprint density at radius 2 is 1.24 bits per heavy atom. The van der Waals surface area contributed by atoms with Gasteiger partial charge in [0.15, 0.2) is 18.9 Å². The number of ether oxygens (including phenoxy) is 9. The van der Waals surface area contributed by atoms with Crippen LogP contribution in [0.2, 0.25) is 0 Å². The van der Waals surface area contributed by atoms with Gasteiger partial charge in [-0.3, -0.25) is 0 Å². The zero-order valence-electron chi connectivity index (χ0n) is 26.3. The molecule has 17 heteroatoms. The van der Waals surface area contributed by atoms with Crippen molar-refractivity contribution in [2.24, 2.45) is 0 Å². The molecule has 0 amide bonds. The van der Waals surface area contributed by atoms with Gasteiger partial charge in [-0.1, -0.05) is 0 Å². The highest BCUT2D eigenvalue weighted by molar-refractivity contribution is 4.96. The van der Waals surface area contributed by atoms with E-state index in [9.17, 15) is 35.7 Å². The summed E-state index contributed by atoms with van der Waals surface area (Å²) in [5.74, 6) is 0. The number of methoxy groups -OCH3 is 2. The summed E-state index contributed by atoms with van der Waals surface area (Å²) in [6.07, 6.45) is -19.3. The van der Waals surface area contributed by atoms with Crippen LogP contribution in [0.15, 0.2) is 0 Å². The van der Waals surface area contributed by atoms with Crippen LogP contribution in [0.5, 0.6) is 0 Å². The topological polar surface area (TPSA) is 225 Å². The molecule has 0 radical (unpaired) electrons. The van der Waals surface area contributed by atoms with Crippen LogP contribution >= 0.6 is 0 Å². The molecule has 4 heterocycles. The molecule has 4 saturated heterocycles. The normalized spacial score (nSPS) is 47.4. The Labute approximate surface area is 262 Å². The van der Waals surface area contributed by atoms with E-state index in [1.807, 2.05) is 0 Å². The van der Waals surface area contributed by atoms with Crippen LogP contribution in [0.1, 0.15) is 12.8 Å². The van der Waals surface area contributed by atoms with Crippen LogP contribution in [-0.4, -0.2) is 207 Å². The quantitative estimate of drug-likeness (QED) is 0.139. The Bertz CT molecular complexity index is 886. The van der Waals surface area contributed by atoms with Crippen LogP contribution < -0.4 is 0 Å². The molecule has 264 valence electrons. The van der Waals surface area contributed by atoms with Gasteiger partial charge in [-0.15, -0.1) is 0 Å². The van der Waals surface area contributed by atoms with Gasteiger partial charge in [-0.25, -0.2) is 0 Å². The fraction of sp³-hybridized carbons (Fsp3) is 1.00. The first-order valence-electron chi connectivity index (χ1n) is 15.4. The first-order chi connectivity index (χ1) is 21.4. The van der Waals surface area contributed by atoms with E-state index in [4.69, 9.17) is 42.6 Å². The second-order valence-corrected chi connectivity index (χ2v) is 12.6. The first kappa shape index (κ1) is 37.1. The van der Waals surface area contributed by atoms with Crippen LogP contribution in [0, 0.1) is 0 Å². The molecule has 2 bridgehead atoms. The minimum Gasteiger partial charge on any atom is -0.394 e. The maximum Gasteiger partial charge on any atom is 0.187 e. The summed E-state index contributed by atoms with van der Waals surface area (Å²) in [5.41, 5.74) is 0. The Morgan fingerprint density at radius 1 is 0.644 bits per heavy atom. The number of aliphatic hydroxyl groups is 7. The van der Waals surface area contributed by atoms with Gasteiger partial charge in [0.2, 0.25) is 0 Å². The lowest BCUT2D eigenvalue weighted by Crippen LogP contribution is -2.66. The van der Waals surface area contributed by atoms with Crippen LogP contribution in [0.3, 0.4) is 0 Å². The molecule has 0 saturated carbocycles. The predicted molar refractivity (Wildman–Crippen MR) is 149 cm³/mol. The fourth-order valence-electron chi connectivity index (χ4n) is 6.19. The van der Waals surface area contributed by atoms with Crippen molar-refractivity contribution in [2.45, 2.75) is 105 Å².